The van der Waals surface area contributed by atoms with Crippen molar-refractivity contribution < 1.29 is 5.11 Å². The molecule has 0 spiro atoms. The number of rotatable bonds is 1. The van der Waals surface area contributed by atoms with Crippen LogP contribution in [0.2, 0.25) is 0 Å². The smallest absolute Gasteiger partial charge is 0.0465 e. The summed E-state index contributed by atoms with van der Waals surface area (Å²) < 4.78 is 0. The molecule has 1 rings (SSSR count). The Labute approximate surface area is 69.2 Å². The monoisotopic (exact) mass is 157 g/mol. The lowest BCUT2D eigenvalue weighted by molar-refractivity contribution is 0.0329. The summed E-state index contributed by atoms with van der Waals surface area (Å²) in [6.07, 6.45) is 1.14. The molecule has 1 N–H and O–H groups in total. The summed E-state index contributed by atoms with van der Waals surface area (Å²) in [5.41, 5.74) is 0.293. The van der Waals surface area contributed by atoms with Gasteiger partial charge in [0.05, 0.1) is 0 Å². The third kappa shape index (κ3) is 1.94. The fourth-order valence-electron chi connectivity index (χ4n) is 2.01. The number of nitrogens with zero attached hydrogens (tertiary/aromatic N) is 1. The van der Waals surface area contributed by atoms with E-state index in [2.05, 4.69) is 25.8 Å². The van der Waals surface area contributed by atoms with Gasteiger partial charge in [-0.1, -0.05) is 13.8 Å². The number of likely N-dealkylation sites (tertiary alicyclic amines) is 1. The molecule has 66 valence electrons. The topological polar surface area (TPSA) is 23.5 Å². The molecule has 0 amide bonds. The number of piperidine rings is 1. The first-order chi connectivity index (χ1) is 5.06. The molecule has 1 atom stereocenters. The van der Waals surface area contributed by atoms with Gasteiger partial charge in [0.1, 0.15) is 0 Å². The van der Waals surface area contributed by atoms with E-state index in [1.807, 2.05) is 0 Å². The molecule has 0 bridgehead atoms. The van der Waals surface area contributed by atoms with Crippen LogP contribution in [0.25, 0.3) is 0 Å². The average Bonchev–Trinajstić information content (AvgIpc) is 1.85. The minimum absolute atomic E-state index is 0.293. The molecule has 1 saturated heterocycles. The summed E-state index contributed by atoms with van der Waals surface area (Å²) in [5.74, 6) is 0.499. The van der Waals surface area contributed by atoms with E-state index in [9.17, 15) is 0 Å². The SMILES string of the molecule is CN1CCC(CO)C(C)(C)C1. The van der Waals surface area contributed by atoms with Gasteiger partial charge in [-0.2, -0.15) is 0 Å². The highest BCUT2D eigenvalue weighted by Crippen LogP contribution is 2.33. The maximum Gasteiger partial charge on any atom is 0.0465 e. The summed E-state index contributed by atoms with van der Waals surface area (Å²) in [5, 5.41) is 9.09. The van der Waals surface area contributed by atoms with Gasteiger partial charge in [0.25, 0.3) is 0 Å². The first-order valence-electron chi connectivity index (χ1n) is 4.35. The van der Waals surface area contributed by atoms with Gasteiger partial charge in [0, 0.05) is 13.2 Å². The zero-order valence-electron chi connectivity index (χ0n) is 7.80. The molecule has 1 aliphatic rings. The molecule has 11 heavy (non-hydrogen) atoms. The Hall–Kier alpha value is -0.0800. The van der Waals surface area contributed by atoms with Crippen molar-refractivity contribution in [1.29, 1.82) is 0 Å². The predicted molar refractivity (Wildman–Crippen MR) is 46.5 cm³/mol. The molecular formula is C9H19NO. The summed E-state index contributed by atoms with van der Waals surface area (Å²) in [7, 11) is 2.15. The summed E-state index contributed by atoms with van der Waals surface area (Å²) in [6.45, 7) is 7.07. The van der Waals surface area contributed by atoms with Crippen LogP contribution in [0.5, 0.6) is 0 Å². The first kappa shape index (κ1) is 9.01. The molecule has 2 nitrogen and oxygen atoms in total. The zero-order valence-corrected chi connectivity index (χ0v) is 7.80. The van der Waals surface area contributed by atoms with E-state index in [4.69, 9.17) is 5.11 Å². The van der Waals surface area contributed by atoms with Crippen molar-refractivity contribution in [2.75, 3.05) is 26.7 Å². The quantitative estimate of drug-likeness (QED) is 0.613. The Morgan fingerprint density at radius 2 is 2.18 bits per heavy atom. The van der Waals surface area contributed by atoms with Crippen LogP contribution in [-0.4, -0.2) is 36.8 Å². The molecule has 0 aromatic carbocycles. The Bertz CT molecular complexity index is 134. The van der Waals surface area contributed by atoms with E-state index in [-0.39, 0.29) is 0 Å². The van der Waals surface area contributed by atoms with Crippen LogP contribution in [0.3, 0.4) is 0 Å². The minimum Gasteiger partial charge on any atom is -0.396 e. The molecular weight excluding hydrogens is 138 g/mol. The van der Waals surface area contributed by atoms with Crippen LogP contribution in [0, 0.1) is 11.3 Å². The fourth-order valence-corrected chi connectivity index (χ4v) is 2.01. The molecule has 0 aromatic heterocycles. The van der Waals surface area contributed by atoms with E-state index < -0.39 is 0 Å². The average molecular weight is 157 g/mol. The maximum absolute atomic E-state index is 9.09. The Kier molecular flexibility index (Phi) is 2.55. The van der Waals surface area contributed by atoms with E-state index >= 15 is 0 Å². The van der Waals surface area contributed by atoms with E-state index in [1.165, 1.54) is 0 Å². The van der Waals surface area contributed by atoms with E-state index in [0.29, 0.717) is 17.9 Å². The van der Waals surface area contributed by atoms with Crippen LogP contribution in [-0.2, 0) is 0 Å². The number of hydrogen-bond acceptors (Lipinski definition) is 2. The van der Waals surface area contributed by atoms with Crippen molar-refractivity contribution in [2.45, 2.75) is 20.3 Å². The summed E-state index contributed by atoms with van der Waals surface area (Å²) >= 11 is 0. The minimum atomic E-state index is 0.293. The van der Waals surface area contributed by atoms with Crippen LogP contribution < -0.4 is 0 Å². The van der Waals surface area contributed by atoms with Crippen LogP contribution >= 0.6 is 0 Å². The van der Waals surface area contributed by atoms with Crippen LogP contribution in [0.15, 0.2) is 0 Å². The van der Waals surface area contributed by atoms with Crippen molar-refractivity contribution in [3.05, 3.63) is 0 Å². The van der Waals surface area contributed by atoms with Gasteiger partial charge in [-0.3, -0.25) is 0 Å². The van der Waals surface area contributed by atoms with Crippen molar-refractivity contribution in [3.8, 4) is 0 Å². The molecule has 2 heteroatoms. The van der Waals surface area contributed by atoms with Gasteiger partial charge in [-0.05, 0) is 31.3 Å². The molecule has 0 radical (unpaired) electrons. The van der Waals surface area contributed by atoms with Crippen LogP contribution in [0.1, 0.15) is 20.3 Å². The lowest BCUT2D eigenvalue weighted by Crippen LogP contribution is -2.45. The highest BCUT2D eigenvalue weighted by atomic mass is 16.3. The maximum atomic E-state index is 9.09. The van der Waals surface area contributed by atoms with Crippen molar-refractivity contribution in [3.63, 3.8) is 0 Å². The number of hydrogen-bond donors (Lipinski definition) is 1. The fraction of sp³-hybridized carbons (Fsp3) is 1.00. The third-order valence-corrected chi connectivity index (χ3v) is 2.86. The number of aliphatic hydroxyl groups excluding tert-OH is 1. The van der Waals surface area contributed by atoms with Gasteiger partial charge in [-0.25, -0.2) is 0 Å². The van der Waals surface area contributed by atoms with Gasteiger partial charge in [0.2, 0.25) is 0 Å². The highest BCUT2D eigenvalue weighted by molar-refractivity contribution is 4.85. The third-order valence-electron chi connectivity index (χ3n) is 2.86. The van der Waals surface area contributed by atoms with Crippen LogP contribution in [0.4, 0.5) is 0 Å². The lowest BCUT2D eigenvalue weighted by Gasteiger charge is -2.42. The molecule has 0 aliphatic carbocycles. The second-order valence-corrected chi connectivity index (χ2v) is 4.39. The van der Waals surface area contributed by atoms with Crippen molar-refractivity contribution >= 4 is 0 Å². The lowest BCUT2D eigenvalue weighted by atomic mass is 9.74. The summed E-state index contributed by atoms with van der Waals surface area (Å²) in [4.78, 5) is 2.34. The molecule has 1 aliphatic heterocycles. The second-order valence-electron chi connectivity index (χ2n) is 4.39. The molecule has 0 saturated carbocycles. The van der Waals surface area contributed by atoms with Gasteiger partial charge < -0.3 is 10.0 Å². The molecule has 1 unspecified atom stereocenters. The zero-order chi connectivity index (χ0) is 8.48. The van der Waals surface area contributed by atoms with Crippen molar-refractivity contribution in [1.82, 2.24) is 4.90 Å². The largest absolute Gasteiger partial charge is 0.396 e. The Balaban J connectivity index is 2.56. The van der Waals surface area contributed by atoms with E-state index in [0.717, 1.165) is 19.5 Å². The van der Waals surface area contributed by atoms with Gasteiger partial charge >= 0.3 is 0 Å². The van der Waals surface area contributed by atoms with E-state index in [1.54, 1.807) is 0 Å². The Morgan fingerprint density at radius 3 is 2.64 bits per heavy atom. The normalized spacial score (nSPS) is 32.2. The van der Waals surface area contributed by atoms with Crippen molar-refractivity contribution in [2.24, 2.45) is 11.3 Å². The summed E-state index contributed by atoms with van der Waals surface area (Å²) in [6, 6.07) is 0. The Morgan fingerprint density at radius 1 is 1.55 bits per heavy atom. The molecule has 1 heterocycles. The standard InChI is InChI=1S/C9H19NO/c1-9(2)7-10(3)5-4-8(9)6-11/h8,11H,4-7H2,1-3H3. The van der Waals surface area contributed by atoms with Gasteiger partial charge in [-0.15, -0.1) is 0 Å². The highest BCUT2D eigenvalue weighted by Gasteiger charge is 2.33. The van der Waals surface area contributed by atoms with Gasteiger partial charge in [0.15, 0.2) is 0 Å². The second kappa shape index (κ2) is 3.11. The predicted octanol–water partition coefficient (Wildman–Crippen LogP) is 0.957. The molecule has 0 aromatic rings. The first-order valence-corrected chi connectivity index (χ1v) is 4.35. The number of aliphatic hydroxyl groups is 1. The molecule has 1 fully saturated rings.